The van der Waals surface area contributed by atoms with E-state index in [0.717, 1.165) is 18.4 Å². The standard InChI is InChI=1S/C12H22N4O/c1-3-4-5-6-7-14-12(17)11(13)10-8-15-16(2)9-10/h8-9,11H,3-7,13H2,1-2H3,(H,14,17). The first-order chi connectivity index (χ1) is 8.15. The Hall–Kier alpha value is -1.36. The SMILES string of the molecule is CCCCCCNC(=O)C(N)c1cnn(C)c1. The second-order valence-electron chi connectivity index (χ2n) is 4.28. The Balaban J connectivity index is 2.28. The summed E-state index contributed by atoms with van der Waals surface area (Å²) in [6.07, 6.45) is 7.97. The number of aromatic nitrogens is 2. The van der Waals surface area contributed by atoms with Gasteiger partial charge in [0.15, 0.2) is 0 Å². The fraction of sp³-hybridized carbons (Fsp3) is 0.667. The first-order valence-electron chi connectivity index (χ1n) is 6.17. The minimum Gasteiger partial charge on any atom is -0.354 e. The van der Waals surface area contributed by atoms with Gasteiger partial charge in [0.25, 0.3) is 0 Å². The van der Waals surface area contributed by atoms with E-state index in [9.17, 15) is 4.79 Å². The predicted octanol–water partition coefficient (Wildman–Crippen LogP) is 1.12. The van der Waals surface area contributed by atoms with E-state index in [4.69, 9.17) is 5.73 Å². The van der Waals surface area contributed by atoms with Gasteiger partial charge in [-0.25, -0.2) is 0 Å². The Morgan fingerprint density at radius 2 is 2.29 bits per heavy atom. The molecule has 1 heterocycles. The Morgan fingerprint density at radius 1 is 1.53 bits per heavy atom. The molecule has 1 aromatic rings. The number of carbonyl (C=O) groups is 1. The summed E-state index contributed by atoms with van der Waals surface area (Å²) in [6, 6.07) is -0.616. The molecular weight excluding hydrogens is 216 g/mol. The molecule has 0 aliphatic carbocycles. The molecule has 5 heteroatoms. The monoisotopic (exact) mass is 238 g/mol. The number of rotatable bonds is 7. The summed E-state index contributed by atoms with van der Waals surface area (Å²) >= 11 is 0. The molecule has 1 atom stereocenters. The average molecular weight is 238 g/mol. The molecule has 0 saturated carbocycles. The van der Waals surface area contributed by atoms with Crippen molar-refractivity contribution in [2.24, 2.45) is 12.8 Å². The molecule has 0 bridgehead atoms. The molecule has 1 amide bonds. The van der Waals surface area contributed by atoms with E-state index < -0.39 is 6.04 Å². The van der Waals surface area contributed by atoms with Crippen LogP contribution in [0, 0.1) is 0 Å². The highest BCUT2D eigenvalue weighted by Gasteiger charge is 2.16. The van der Waals surface area contributed by atoms with Crippen LogP contribution in [0.15, 0.2) is 12.4 Å². The van der Waals surface area contributed by atoms with E-state index in [1.54, 1.807) is 24.1 Å². The van der Waals surface area contributed by atoms with E-state index in [-0.39, 0.29) is 5.91 Å². The van der Waals surface area contributed by atoms with Gasteiger partial charge in [0.2, 0.25) is 5.91 Å². The number of nitrogens with zero attached hydrogens (tertiary/aromatic N) is 2. The van der Waals surface area contributed by atoms with Gasteiger partial charge in [-0.05, 0) is 6.42 Å². The fourth-order valence-corrected chi connectivity index (χ4v) is 1.63. The van der Waals surface area contributed by atoms with Crippen LogP contribution in [0.2, 0.25) is 0 Å². The zero-order valence-electron chi connectivity index (χ0n) is 10.6. The van der Waals surface area contributed by atoms with Gasteiger partial charge in [0.05, 0.1) is 6.20 Å². The van der Waals surface area contributed by atoms with Crippen LogP contribution in [0.25, 0.3) is 0 Å². The number of nitrogens with two attached hydrogens (primary N) is 1. The number of hydrogen-bond donors (Lipinski definition) is 2. The second-order valence-corrected chi connectivity index (χ2v) is 4.28. The van der Waals surface area contributed by atoms with Gasteiger partial charge in [-0.2, -0.15) is 5.10 Å². The predicted molar refractivity (Wildman–Crippen MR) is 67.3 cm³/mol. The molecule has 5 nitrogen and oxygen atoms in total. The lowest BCUT2D eigenvalue weighted by molar-refractivity contribution is -0.122. The van der Waals surface area contributed by atoms with Crippen LogP contribution in [0.4, 0.5) is 0 Å². The molecule has 0 saturated heterocycles. The maximum atomic E-state index is 11.7. The van der Waals surface area contributed by atoms with E-state index in [1.165, 1.54) is 12.8 Å². The molecule has 0 aromatic carbocycles. The summed E-state index contributed by atoms with van der Waals surface area (Å²) in [5.74, 6) is -0.130. The smallest absolute Gasteiger partial charge is 0.241 e. The van der Waals surface area contributed by atoms with Crippen molar-refractivity contribution in [3.8, 4) is 0 Å². The van der Waals surface area contributed by atoms with Crippen molar-refractivity contribution in [3.63, 3.8) is 0 Å². The Kier molecular flexibility index (Phi) is 5.69. The van der Waals surface area contributed by atoms with Crippen molar-refractivity contribution in [1.82, 2.24) is 15.1 Å². The summed E-state index contributed by atoms with van der Waals surface area (Å²) < 4.78 is 1.64. The second kappa shape index (κ2) is 7.06. The lowest BCUT2D eigenvalue weighted by Gasteiger charge is -2.10. The molecular formula is C12H22N4O. The van der Waals surface area contributed by atoms with Crippen molar-refractivity contribution in [2.75, 3.05) is 6.54 Å². The maximum absolute atomic E-state index is 11.7. The molecule has 0 aliphatic rings. The third-order valence-corrected chi connectivity index (χ3v) is 2.70. The van der Waals surface area contributed by atoms with E-state index in [0.29, 0.717) is 6.54 Å². The number of aryl methyl sites for hydroxylation is 1. The fourth-order valence-electron chi connectivity index (χ4n) is 1.63. The molecule has 1 unspecified atom stereocenters. The molecule has 17 heavy (non-hydrogen) atoms. The Morgan fingerprint density at radius 3 is 2.88 bits per heavy atom. The summed E-state index contributed by atoms with van der Waals surface area (Å²) in [6.45, 7) is 2.86. The van der Waals surface area contributed by atoms with Gasteiger partial charge in [0, 0.05) is 25.4 Å². The molecule has 0 fully saturated rings. The van der Waals surface area contributed by atoms with Crippen molar-refractivity contribution >= 4 is 5.91 Å². The Bertz CT molecular complexity index is 348. The number of hydrogen-bond acceptors (Lipinski definition) is 3. The topological polar surface area (TPSA) is 72.9 Å². The van der Waals surface area contributed by atoms with Gasteiger partial charge >= 0.3 is 0 Å². The number of amides is 1. The van der Waals surface area contributed by atoms with E-state index in [1.807, 2.05) is 0 Å². The van der Waals surface area contributed by atoms with Gasteiger partial charge in [-0.1, -0.05) is 26.2 Å². The van der Waals surface area contributed by atoms with Gasteiger partial charge in [-0.15, -0.1) is 0 Å². The van der Waals surface area contributed by atoms with Crippen LogP contribution in [0.3, 0.4) is 0 Å². The molecule has 1 aromatic heterocycles. The first-order valence-corrected chi connectivity index (χ1v) is 6.17. The highest BCUT2D eigenvalue weighted by molar-refractivity contribution is 5.82. The normalized spacial score (nSPS) is 12.4. The largest absolute Gasteiger partial charge is 0.354 e. The van der Waals surface area contributed by atoms with Gasteiger partial charge in [0.1, 0.15) is 6.04 Å². The molecule has 0 aliphatic heterocycles. The summed E-state index contributed by atoms with van der Waals surface area (Å²) in [5, 5.41) is 6.85. The molecule has 0 radical (unpaired) electrons. The lowest BCUT2D eigenvalue weighted by Crippen LogP contribution is -2.34. The van der Waals surface area contributed by atoms with Crippen LogP contribution < -0.4 is 11.1 Å². The van der Waals surface area contributed by atoms with Crippen LogP contribution in [-0.4, -0.2) is 22.2 Å². The van der Waals surface area contributed by atoms with Crippen molar-refractivity contribution < 1.29 is 4.79 Å². The van der Waals surface area contributed by atoms with E-state index >= 15 is 0 Å². The number of unbranched alkanes of at least 4 members (excludes halogenated alkanes) is 3. The van der Waals surface area contributed by atoms with Crippen LogP contribution >= 0.6 is 0 Å². The zero-order valence-corrected chi connectivity index (χ0v) is 10.6. The van der Waals surface area contributed by atoms with Crippen LogP contribution in [0.5, 0.6) is 0 Å². The molecule has 96 valence electrons. The third-order valence-electron chi connectivity index (χ3n) is 2.70. The highest BCUT2D eigenvalue weighted by Crippen LogP contribution is 2.08. The van der Waals surface area contributed by atoms with Gasteiger partial charge in [-0.3, -0.25) is 9.48 Å². The maximum Gasteiger partial charge on any atom is 0.241 e. The average Bonchev–Trinajstić information content (AvgIpc) is 2.74. The molecule has 3 N–H and O–H groups in total. The Labute approximate surface area is 102 Å². The first kappa shape index (κ1) is 13.7. The summed E-state index contributed by atoms with van der Waals surface area (Å²) in [4.78, 5) is 11.7. The van der Waals surface area contributed by atoms with Crippen molar-refractivity contribution in [1.29, 1.82) is 0 Å². The van der Waals surface area contributed by atoms with Crippen LogP contribution in [-0.2, 0) is 11.8 Å². The molecule has 0 spiro atoms. The van der Waals surface area contributed by atoms with Crippen molar-refractivity contribution in [2.45, 2.75) is 38.6 Å². The van der Waals surface area contributed by atoms with E-state index in [2.05, 4.69) is 17.3 Å². The lowest BCUT2D eigenvalue weighted by atomic mass is 10.1. The minimum atomic E-state index is -0.616. The van der Waals surface area contributed by atoms with Crippen LogP contribution in [0.1, 0.15) is 44.2 Å². The zero-order chi connectivity index (χ0) is 12.7. The summed E-state index contributed by atoms with van der Waals surface area (Å²) in [5.41, 5.74) is 6.58. The van der Waals surface area contributed by atoms with Crippen molar-refractivity contribution in [3.05, 3.63) is 18.0 Å². The van der Waals surface area contributed by atoms with Gasteiger partial charge < -0.3 is 11.1 Å². The third kappa shape index (κ3) is 4.56. The molecule has 1 rings (SSSR count). The number of carbonyl (C=O) groups excluding carboxylic acids is 1. The summed E-state index contributed by atoms with van der Waals surface area (Å²) in [7, 11) is 1.80. The quantitative estimate of drug-likeness (QED) is 0.699. The number of nitrogens with one attached hydrogen (secondary N) is 1. The minimum absolute atomic E-state index is 0.130. The highest BCUT2D eigenvalue weighted by atomic mass is 16.2.